The van der Waals surface area contributed by atoms with Crippen LogP contribution in [-0.4, -0.2) is 24.1 Å². The van der Waals surface area contributed by atoms with Crippen molar-refractivity contribution < 1.29 is 18.7 Å². The van der Waals surface area contributed by atoms with Crippen LogP contribution in [0.5, 0.6) is 0 Å². The van der Waals surface area contributed by atoms with Crippen LogP contribution in [0.4, 0.5) is 0 Å². The van der Waals surface area contributed by atoms with E-state index >= 15 is 0 Å². The highest BCUT2D eigenvalue weighted by atomic mass is 32.1. The predicted molar refractivity (Wildman–Crippen MR) is 66.6 cm³/mol. The molecule has 0 atom stereocenters. The number of amides is 1. The van der Waals surface area contributed by atoms with E-state index in [0.29, 0.717) is 17.1 Å². The largest absolute Gasteiger partial charge is 0.465 e. The SMILES string of the molecule is COC(=O)c1cc(/C=C2/NC(=S)NC2=O)oc1C. The number of esters is 1. The number of thiocarbonyl (C=S) groups is 1. The van der Waals surface area contributed by atoms with Crippen LogP contribution in [0, 0.1) is 6.92 Å². The second-order valence-electron chi connectivity index (χ2n) is 3.58. The average molecular weight is 266 g/mol. The summed E-state index contributed by atoms with van der Waals surface area (Å²) in [5.41, 5.74) is 0.593. The molecule has 0 aliphatic carbocycles. The molecule has 2 heterocycles. The Kier molecular flexibility index (Phi) is 3.15. The molecule has 2 N–H and O–H groups in total. The van der Waals surface area contributed by atoms with Gasteiger partial charge in [0.2, 0.25) is 0 Å². The average Bonchev–Trinajstić information content (AvgIpc) is 2.82. The Morgan fingerprint density at radius 1 is 1.50 bits per heavy atom. The minimum atomic E-state index is -0.486. The van der Waals surface area contributed by atoms with Crippen LogP contribution < -0.4 is 10.6 Å². The first-order valence-corrected chi connectivity index (χ1v) is 5.45. The Labute approximate surface area is 108 Å². The van der Waals surface area contributed by atoms with Gasteiger partial charge in [-0.25, -0.2) is 4.79 Å². The number of aryl methyl sites for hydroxylation is 1. The third-order valence-corrected chi connectivity index (χ3v) is 2.55. The van der Waals surface area contributed by atoms with Crippen LogP contribution in [0.25, 0.3) is 6.08 Å². The quantitative estimate of drug-likeness (QED) is 0.466. The topological polar surface area (TPSA) is 80.6 Å². The lowest BCUT2D eigenvalue weighted by Crippen LogP contribution is -2.21. The van der Waals surface area contributed by atoms with Crippen LogP contribution in [0.2, 0.25) is 0 Å². The molecule has 0 unspecified atom stereocenters. The molecule has 0 aromatic carbocycles. The molecule has 1 saturated heterocycles. The molecule has 1 aliphatic heterocycles. The van der Waals surface area contributed by atoms with Crippen molar-refractivity contribution >= 4 is 35.3 Å². The summed E-state index contributed by atoms with van der Waals surface area (Å²) in [5, 5.41) is 5.34. The molecule has 0 radical (unpaired) electrons. The highest BCUT2D eigenvalue weighted by Crippen LogP contribution is 2.18. The van der Waals surface area contributed by atoms with Crippen LogP contribution in [0.1, 0.15) is 21.9 Å². The van der Waals surface area contributed by atoms with Crippen molar-refractivity contribution in [1.29, 1.82) is 0 Å². The van der Waals surface area contributed by atoms with Gasteiger partial charge in [0.15, 0.2) is 5.11 Å². The summed E-state index contributed by atoms with van der Waals surface area (Å²) < 4.78 is 9.95. The molecule has 18 heavy (non-hydrogen) atoms. The number of rotatable bonds is 2. The van der Waals surface area contributed by atoms with E-state index in [0.717, 1.165) is 0 Å². The van der Waals surface area contributed by atoms with E-state index in [1.54, 1.807) is 6.92 Å². The van der Waals surface area contributed by atoms with Crippen LogP contribution in [0.3, 0.4) is 0 Å². The van der Waals surface area contributed by atoms with Crippen molar-refractivity contribution in [2.75, 3.05) is 7.11 Å². The smallest absolute Gasteiger partial charge is 0.341 e. The highest BCUT2D eigenvalue weighted by molar-refractivity contribution is 7.80. The first-order chi connectivity index (χ1) is 8.51. The molecule has 0 spiro atoms. The summed E-state index contributed by atoms with van der Waals surface area (Å²) in [6.07, 6.45) is 1.47. The Morgan fingerprint density at radius 3 is 2.78 bits per heavy atom. The van der Waals surface area contributed by atoms with Crippen LogP contribution in [0.15, 0.2) is 16.2 Å². The molecule has 1 aromatic heterocycles. The van der Waals surface area contributed by atoms with Gasteiger partial charge in [-0.15, -0.1) is 0 Å². The van der Waals surface area contributed by atoms with Crippen molar-refractivity contribution in [3.8, 4) is 0 Å². The van der Waals surface area contributed by atoms with Crippen molar-refractivity contribution in [2.45, 2.75) is 6.92 Å². The number of furan rings is 1. The normalized spacial score (nSPS) is 16.7. The van der Waals surface area contributed by atoms with Crippen molar-refractivity contribution in [2.24, 2.45) is 0 Å². The molecular weight excluding hydrogens is 256 g/mol. The first-order valence-electron chi connectivity index (χ1n) is 5.04. The van der Waals surface area contributed by atoms with Gasteiger partial charge in [-0.05, 0) is 25.2 Å². The van der Waals surface area contributed by atoms with Crippen molar-refractivity contribution in [3.63, 3.8) is 0 Å². The molecule has 0 bridgehead atoms. The van der Waals surface area contributed by atoms with Gasteiger partial charge in [-0.1, -0.05) is 0 Å². The maximum Gasteiger partial charge on any atom is 0.341 e. The molecular formula is C11H10N2O4S. The Morgan fingerprint density at radius 2 is 2.22 bits per heavy atom. The minimum Gasteiger partial charge on any atom is -0.465 e. The van der Waals surface area contributed by atoms with E-state index < -0.39 is 5.97 Å². The van der Waals surface area contributed by atoms with E-state index in [4.69, 9.17) is 16.6 Å². The molecule has 0 saturated carbocycles. The molecule has 6 nitrogen and oxygen atoms in total. The molecule has 1 amide bonds. The van der Waals surface area contributed by atoms with Gasteiger partial charge < -0.3 is 14.5 Å². The summed E-state index contributed by atoms with van der Waals surface area (Å²) in [4.78, 5) is 22.8. The van der Waals surface area contributed by atoms with Crippen molar-refractivity contribution in [1.82, 2.24) is 10.6 Å². The Balaban J connectivity index is 2.31. The van der Waals surface area contributed by atoms with Gasteiger partial charge >= 0.3 is 5.97 Å². The molecule has 2 rings (SSSR count). The molecule has 7 heteroatoms. The Bertz CT molecular complexity index is 574. The standard InChI is InChI=1S/C11H10N2O4S/c1-5-7(10(15)16-2)3-6(17-5)4-8-9(14)13-11(18)12-8/h3-4H,1-2H3,(H2,12,13,14,18)/b8-4+. The fourth-order valence-electron chi connectivity index (χ4n) is 1.51. The Hall–Kier alpha value is -2.15. The van der Waals surface area contributed by atoms with Gasteiger partial charge in [0, 0.05) is 6.08 Å². The molecule has 1 aliphatic rings. The number of hydrogen-bond acceptors (Lipinski definition) is 5. The summed E-state index contributed by atoms with van der Waals surface area (Å²) in [6.45, 7) is 1.64. The monoisotopic (exact) mass is 266 g/mol. The maximum atomic E-state index is 11.4. The summed E-state index contributed by atoms with van der Waals surface area (Å²) in [6, 6.07) is 1.50. The number of methoxy groups -OCH3 is 1. The maximum absolute atomic E-state index is 11.4. The zero-order valence-corrected chi connectivity index (χ0v) is 10.5. The highest BCUT2D eigenvalue weighted by Gasteiger charge is 2.21. The van der Waals surface area contributed by atoms with Crippen molar-refractivity contribution in [3.05, 3.63) is 28.8 Å². The summed E-state index contributed by atoms with van der Waals surface area (Å²) >= 11 is 4.79. The van der Waals surface area contributed by atoms with Gasteiger partial charge in [0.25, 0.3) is 5.91 Å². The van der Waals surface area contributed by atoms with E-state index in [9.17, 15) is 9.59 Å². The van der Waals surface area contributed by atoms with Gasteiger partial charge in [-0.3, -0.25) is 10.1 Å². The van der Waals surface area contributed by atoms with E-state index in [-0.39, 0.29) is 16.7 Å². The van der Waals surface area contributed by atoms with Gasteiger partial charge in [-0.2, -0.15) is 0 Å². The lowest BCUT2D eigenvalue weighted by Gasteiger charge is -1.93. The summed E-state index contributed by atoms with van der Waals surface area (Å²) in [5.74, 6) is -0.0288. The number of carbonyl (C=O) groups excluding carboxylic acids is 2. The minimum absolute atomic E-state index is 0.239. The number of carbonyl (C=O) groups is 2. The predicted octanol–water partition coefficient (Wildman–Crippen LogP) is 0.720. The van der Waals surface area contributed by atoms with E-state index in [1.807, 2.05) is 0 Å². The number of ether oxygens (including phenoxy) is 1. The molecule has 94 valence electrons. The molecule has 1 fully saturated rings. The third-order valence-electron chi connectivity index (χ3n) is 2.35. The number of nitrogens with one attached hydrogen (secondary N) is 2. The second-order valence-corrected chi connectivity index (χ2v) is 3.98. The lowest BCUT2D eigenvalue weighted by molar-refractivity contribution is -0.115. The first kappa shape index (κ1) is 12.3. The van der Waals surface area contributed by atoms with E-state index in [1.165, 1.54) is 19.3 Å². The number of hydrogen-bond donors (Lipinski definition) is 2. The zero-order valence-electron chi connectivity index (χ0n) is 9.70. The zero-order chi connectivity index (χ0) is 13.3. The second kappa shape index (κ2) is 4.61. The fourth-order valence-corrected chi connectivity index (χ4v) is 1.72. The fraction of sp³-hybridized carbons (Fsp3) is 0.182. The lowest BCUT2D eigenvalue weighted by atomic mass is 10.2. The van der Waals surface area contributed by atoms with Crippen LogP contribution in [-0.2, 0) is 9.53 Å². The molecule has 1 aromatic rings. The van der Waals surface area contributed by atoms with Crippen LogP contribution >= 0.6 is 12.2 Å². The van der Waals surface area contributed by atoms with Gasteiger partial charge in [0.1, 0.15) is 22.8 Å². The van der Waals surface area contributed by atoms with Gasteiger partial charge in [0.05, 0.1) is 7.11 Å². The summed E-state index contributed by atoms with van der Waals surface area (Å²) in [7, 11) is 1.29. The van der Waals surface area contributed by atoms with E-state index in [2.05, 4.69) is 15.4 Å². The third kappa shape index (κ3) is 2.25.